The minimum absolute atomic E-state index is 0.539. The van der Waals surface area contributed by atoms with Crippen LogP contribution in [0.15, 0.2) is 24.3 Å². The van der Waals surface area contributed by atoms with Gasteiger partial charge in [-0.1, -0.05) is 31.2 Å². The van der Waals surface area contributed by atoms with Crippen molar-refractivity contribution >= 4 is 12.6 Å². The summed E-state index contributed by atoms with van der Waals surface area (Å²) in [6.45, 7) is 4.13. The van der Waals surface area contributed by atoms with Crippen molar-refractivity contribution in [2.45, 2.75) is 19.9 Å². The van der Waals surface area contributed by atoms with E-state index in [2.05, 4.69) is 18.9 Å². The van der Waals surface area contributed by atoms with E-state index in [9.17, 15) is 0 Å². The molecule has 0 aliphatic carbocycles. The van der Waals surface area contributed by atoms with E-state index in [1.165, 1.54) is 5.56 Å². The van der Waals surface area contributed by atoms with E-state index in [1.54, 1.807) is 12.1 Å². The van der Waals surface area contributed by atoms with Gasteiger partial charge in [-0.15, -0.1) is 0 Å². The number of hydrogen-bond acceptors (Lipinski definition) is 3. The SMILES string of the molecule is CCCN(C)Cc1ccc(B(O)O)cc1. The van der Waals surface area contributed by atoms with E-state index < -0.39 is 7.12 Å². The highest BCUT2D eigenvalue weighted by Gasteiger charge is 2.09. The summed E-state index contributed by atoms with van der Waals surface area (Å²) in [4.78, 5) is 2.24. The molecule has 0 unspecified atom stereocenters. The molecule has 0 aliphatic heterocycles. The zero-order valence-electron chi connectivity index (χ0n) is 9.35. The van der Waals surface area contributed by atoms with Gasteiger partial charge in [0.2, 0.25) is 0 Å². The predicted octanol–water partition coefficient (Wildman–Crippen LogP) is 0.208. The third-order valence-electron chi connectivity index (χ3n) is 2.34. The van der Waals surface area contributed by atoms with Crippen molar-refractivity contribution in [3.05, 3.63) is 29.8 Å². The highest BCUT2D eigenvalue weighted by atomic mass is 16.4. The van der Waals surface area contributed by atoms with Crippen LogP contribution in [0, 0.1) is 0 Å². The Morgan fingerprint density at radius 2 is 1.80 bits per heavy atom. The average Bonchev–Trinajstić information content (AvgIpc) is 2.18. The lowest BCUT2D eigenvalue weighted by Gasteiger charge is -2.15. The van der Waals surface area contributed by atoms with Crippen molar-refractivity contribution in [3.63, 3.8) is 0 Å². The molecule has 4 heteroatoms. The molecule has 0 bridgehead atoms. The number of benzene rings is 1. The summed E-state index contributed by atoms with van der Waals surface area (Å²) in [7, 11) is 0.714. The fourth-order valence-corrected chi connectivity index (χ4v) is 1.57. The molecule has 0 fully saturated rings. The predicted molar refractivity (Wildman–Crippen MR) is 62.9 cm³/mol. The summed E-state index contributed by atoms with van der Waals surface area (Å²) < 4.78 is 0. The molecule has 0 aliphatic rings. The van der Waals surface area contributed by atoms with Gasteiger partial charge in [0.25, 0.3) is 0 Å². The zero-order chi connectivity index (χ0) is 11.3. The summed E-state index contributed by atoms with van der Waals surface area (Å²) in [5.41, 5.74) is 1.73. The van der Waals surface area contributed by atoms with E-state index in [4.69, 9.17) is 10.0 Å². The molecule has 0 radical (unpaired) electrons. The van der Waals surface area contributed by atoms with Crippen LogP contribution in [0.1, 0.15) is 18.9 Å². The van der Waals surface area contributed by atoms with Gasteiger partial charge in [0, 0.05) is 6.54 Å². The van der Waals surface area contributed by atoms with Gasteiger partial charge in [-0.25, -0.2) is 0 Å². The molecule has 0 saturated heterocycles. The zero-order valence-corrected chi connectivity index (χ0v) is 9.35. The number of nitrogens with zero attached hydrogens (tertiary/aromatic N) is 1. The second kappa shape index (κ2) is 5.90. The molecule has 2 N–H and O–H groups in total. The summed E-state index contributed by atoms with van der Waals surface area (Å²) in [5, 5.41) is 17.9. The van der Waals surface area contributed by atoms with Crippen LogP contribution in [-0.2, 0) is 6.54 Å². The Kier molecular flexibility index (Phi) is 4.82. The smallest absolute Gasteiger partial charge is 0.423 e. The van der Waals surface area contributed by atoms with Gasteiger partial charge >= 0.3 is 7.12 Å². The Morgan fingerprint density at radius 1 is 1.20 bits per heavy atom. The van der Waals surface area contributed by atoms with Crippen molar-refractivity contribution in [3.8, 4) is 0 Å². The van der Waals surface area contributed by atoms with Crippen LogP contribution in [0.25, 0.3) is 0 Å². The summed E-state index contributed by atoms with van der Waals surface area (Å²) >= 11 is 0. The third-order valence-corrected chi connectivity index (χ3v) is 2.34. The maximum atomic E-state index is 8.93. The molecule has 1 aromatic carbocycles. The summed E-state index contributed by atoms with van der Waals surface area (Å²) in [5.74, 6) is 0. The van der Waals surface area contributed by atoms with Crippen molar-refractivity contribution in [2.24, 2.45) is 0 Å². The van der Waals surface area contributed by atoms with Gasteiger partial charge in [0.15, 0.2) is 0 Å². The van der Waals surface area contributed by atoms with Gasteiger partial charge in [-0.2, -0.15) is 0 Å². The summed E-state index contributed by atoms with van der Waals surface area (Å²) in [6.07, 6.45) is 1.14. The Bertz CT molecular complexity index is 287. The standard InChI is InChI=1S/C11H18BNO2/c1-3-8-13(2)9-10-4-6-11(7-5-10)12(14)15/h4-7,14-15H,3,8-9H2,1-2H3. The number of hydrogen-bond donors (Lipinski definition) is 2. The maximum Gasteiger partial charge on any atom is 0.488 e. The van der Waals surface area contributed by atoms with Crippen LogP contribution in [0.3, 0.4) is 0 Å². The second-order valence-electron chi connectivity index (χ2n) is 3.85. The van der Waals surface area contributed by atoms with E-state index in [0.29, 0.717) is 5.46 Å². The first kappa shape index (κ1) is 12.2. The van der Waals surface area contributed by atoms with Gasteiger partial charge in [-0.05, 0) is 31.0 Å². The highest BCUT2D eigenvalue weighted by molar-refractivity contribution is 6.58. The first-order valence-corrected chi connectivity index (χ1v) is 5.27. The fourth-order valence-electron chi connectivity index (χ4n) is 1.57. The van der Waals surface area contributed by atoms with Crippen molar-refractivity contribution in [1.29, 1.82) is 0 Å². The van der Waals surface area contributed by atoms with Crippen LogP contribution < -0.4 is 5.46 Å². The number of rotatable bonds is 5. The van der Waals surface area contributed by atoms with Crippen molar-refractivity contribution in [2.75, 3.05) is 13.6 Å². The lowest BCUT2D eigenvalue weighted by molar-refractivity contribution is 0.327. The minimum Gasteiger partial charge on any atom is -0.423 e. The molecule has 1 rings (SSSR count). The first-order valence-electron chi connectivity index (χ1n) is 5.27. The first-order chi connectivity index (χ1) is 7.13. The van der Waals surface area contributed by atoms with Crippen LogP contribution in [0.4, 0.5) is 0 Å². The van der Waals surface area contributed by atoms with Gasteiger partial charge in [0.1, 0.15) is 0 Å². The van der Waals surface area contributed by atoms with E-state index in [-0.39, 0.29) is 0 Å². The minimum atomic E-state index is -1.37. The normalized spacial score (nSPS) is 10.7. The molecule has 0 amide bonds. The van der Waals surface area contributed by atoms with Crippen molar-refractivity contribution < 1.29 is 10.0 Å². The Hall–Kier alpha value is -0.835. The van der Waals surface area contributed by atoms with Crippen LogP contribution >= 0.6 is 0 Å². The molecule has 0 saturated carbocycles. The van der Waals surface area contributed by atoms with E-state index >= 15 is 0 Å². The Balaban J connectivity index is 2.56. The molecule has 0 heterocycles. The van der Waals surface area contributed by atoms with Gasteiger partial charge in [0.05, 0.1) is 0 Å². The monoisotopic (exact) mass is 207 g/mol. The Morgan fingerprint density at radius 3 is 2.27 bits per heavy atom. The molecule has 1 aromatic rings. The molecule has 82 valence electrons. The topological polar surface area (TPSA) is 43.7 Å². The molecule has 0 aromatic heterocycles. The van der Waals surface area contributed by atoms with E-state index in [0.717, 1.165) is 19.5 Å². The largest absolute Gasteiger partial charge is 0.488 e. The van der Waals surface area contributed by atoms with Gasteiger partial charge in [-0.3, -0.25) is 0 Å². The molecule has 15 heavy (non-hydrogen) atoms. The van der Waals surface area contributed by atoms with Gasteiger partial charge < -0.3 is 14.9 Å². The van der Waals surface area contributed by atoms with Crippen LogP contribution in [-0.4, -0.2) is 35.7 Å². The average molecular weight is 207 g/mol. The third kappa shape index (κ3) is 4.04. The quantitative estimate of drug-likeness (QED) is 0.678. The fraction of sp³-hybridized carbons (Fsp3) is 0.455. The Labute approximate surface area is 91.5 Å². The molecule has 3 nitrogen and oxygen atoms in total. The van der Waals surface area contributed by atoms with Crippen molar-refractivity contribution in [1.82, 2.24) is 4.90 Å². The highest BCUT2D eigenvalue weighted by Crippen LogP contribution is 2.02. The second-order valence-corrected chi connectivity index (χ2v) is 3.85. The van der Waals surface area contributed by atoms with E-state index in [1.807, 2.05) is 12.1 Å². The summed E-state index contributed by atoms with van der Waals surface area (Å²) in [6, 6.07) is 7.36. The lowest BCUT2D eigenvalue weighted by atomic mass is 9.80. The molecular formula is C11H18BNO2. The molecule has 0 spiro atoms. The van der Waals surface area contributed by atoms with Crippen LogP contribution in [0.5, 0.6) is 0 Å². The lowest BCUT2D eigenvalue weighted by Crippen LogP contribution is -2.29. The van der Waals surface area contributed by atoms with Crippen LogP contribution in [0.2, 0.25) is 0 Å². The molecular weight excluding hydrogens is 189 g/mol. The molecule has 0 atom stereocenters. The maximum absolute atomic E-state index is 8.93.